The highest BCUT2D eigenvalue weighted by Crippen LogP contribution is 2.31. The van der Waals surface area contributed by atoms with Crippen molar-refractivity contribution in [1.29, 1.82) is 0 Å². The molecule has 0 saturated carbocycles. The molecule has 1 aliphatic heterocycles. The van der Waals surface area contributed by atoms with Crippen molar-refractivity contribution in [3.63, 3.8) is 0 Å². The Hall–Kier alpha value is -1.75. The molecule has 2 atom stereocenters. The van der Waals surface area contributed by atoms with Gasteiger partial charge in [-0.15, -0.1) is 0 Å². The second kappa shape index (κ2) is 6.13. The maximum Gasteiger partial charge on any atom is 0.340 e. The van der Waals surface area contributed by atoms with Crippen LogP contribution in [-0.4, -0.2) is 37.9 Å². The normalized spacial score (nSPS) is 22.6. The third-order valence-electron chi connectivity index (χ3n) is 3.30. The molecule has 5 heteroatoms. The SMILES string of the molecule is CCOC(=O)c1cccc(N)c1N1C[C@@H](C)O[C@@H](C)C1. The van der Waals surface area contributed by atoms with E-state index in [-0.39, 0.29) is 18.2 Å². The van der Waals surface area contributed by atoms with Crippen LogP contribution in [0.3, 0.4) is 0 Å². The van der Waals surface area contributed by atoms with Crippen LogP contribution in [0.4, 0.5) is 11.4 Å². The van der Waals surface area contributed by atoms with Gasteiger partial charge in [0, 0.05) is 13.1 Å². The molecule has 0 aliphatic carbocycles. The Kier molecular flexibility index (Phi) is 4.49. The van der Waals surface area contributed by atoms with E-state index in [0.717, 1.165) is 5.69 Å². The summed E-state index contributed by atoms with van der Waals surface area (Å²) in [5.41, 5.74) is 7.96. The number of esters is 1. The number of hydrogen-bond donors (Lipinski definition) is 1. The quantitative estimate of drug-likeness (QED) is 0.677. The topological polar surface area (TPSA) is 64.8 Å². The minimum absolute atomic E-state index is 0.105. The summed E-state index contributed by atoms with van der Waals surface area (Å²) in [6.07, 6.45) is 0.210. The van der Waals surface area contributed by atoms with Gasteiger partial charge in [-0.05, 0) is 32.9 Å². The number of morpholine rings is 1. The lowest BCUT2D eigenvalue weighted by atomic mass is 10.1. The van der Waals surface area contributed by atoms with Crippen LogP contribution >= 0.6 is 0 Å². The summed E-state index contributed by atoms with van der Waals surface area (Å²) in [7, 11) is 0. The Labute approximate surface area is 119 Å². The molecule has 2 N–H and O–H groups in total. The molecular formula is C15H22N2O3. The minimum Gasteiger partial charge on any atom is -0.462 e. The first-order valence-electron chi connectivity index (χ1n) is 6.99. The van der Waals surface area contributed by atoms with E-state index in [1.54, 1.807) is 19.1 Å². The molecule has 2 rings (SSSR count). The fourth-order valence-electron chi connectivity index (χ4n) is 2.65. The molecular weight excluding hydrogens is 256 g/mol. The average Bonchev–Trinajstić information content (AvgIpc) is 2.37. The van der Waals surface area contributed by atoms with Crippen LogP contribution in [0.25, 0.3) is 0 Å². The largest absolute Gasteiger partial charge is 0.462 e. The number of nitrogens with zero attached hydrogens (tertiary/aromatic N) is 1. The van der Waals surface area contributed by atoms with Gasteiger partial charge in [-0.2, -0.15) is 0 Å². The maximum absolute atomic E-state index is 12.1. The lowest BCUT2D eigenvalue weighted by Crippen LogP contribution is -2.46. The van der Waals surface area contributed by atoms with Crippen molar-refractivity contribution < 1.29 is 14.3 Å². The summed E-state index contributed by atoms with van der Waals surface area (Å²) in [5.74, 6) is -0.332. The van der Waals surface area contributed by atoms with E-state index in [0.29, 0.717) is 30.9 Å². The summed E-state index contributed by atoms with van der Waals surface area (Å²) in [6, 6.07) is 5.34. The van der Waals surface area contributed by atoms with Crippen molar-refractivity contribution >= 4 is 17.3 Å². The molecule has 0 radical (unpaired) electrons. The number of hydrogen-bond acceptors (Lipinski definition) is 5. The first-order chi connectivity index (χ1) is 9.52. The lowest BCUT2D eigenvalue weighted by Gasteiger charge is -2.38. The van der Waals surface area contributed by atoms with Crippen LogP contribution in [0.1, 0.15) is 31.1 Å². The molecule has 0 unspecified atom stereocenters. The highest BCUT2D eigenvalue weighted by atomic mass is 16.5. The van der Waals surface area contributed by atoms with Gasteiger partial charge in [-0.1, -0.05) is 6.07 Å². The minimum atomic E-state index is -0.332. The van der Waals surface area contributed by atoms with Gasteiger partial charge < -0.3 is 20.1 Å². The van der Waals surface area contributed by atoms with Gasteiger partial charge in [0.15, 0.2) is 0 Å². The summed E-state index contributed by atoms with van der Waals surface area (Å²) in [4.78, 5) is 14.2. The number of benzene rings is 1. The van der Waals surface area contributed by atoms with Crippen molar-refractivity contribution in [2.45, 2.75) is 33.0 Å². The monoisotopic (exact) mass is 278 g/mol. The molecule has 0 aromatic heterocycles. The van der Waals surface area contributed by atoms with E-state index < -0.39 is 0 Å². The van der Waals surface area contributed by atoms with Gasteiger partial charge in [-0.25, -0.2) is 4.79 Å². The molecule has 0 amide bonds. The van der Waals surface area contributed by atoms with Crippen LogP contribution in [0.5, 0.6) is 0 Å². The van der Waals surface area contributed by atoms with Crippen LogP contribution in [-0.2, 0) is 9.47 Å². The summed E-state index contributed by atoms with van der Waals surface area (Å²) in [5, 5.41) is 0. The third-order valence-corrected chi connectivity index (χ3v) is 3.30. The van der Waals surface area contributed by atoms with E-state index >= 15 is 0 Å². The number of para-hydroxylation sites is 1. The highest BCUT2D eigenvalue weighted by molar-refractivity contribution is 5.99. The number of rotatable bonds is 3. The molecule has 1 aromatic carbocycles. The number of carbonyl (C=O) groups excluding carboxylic acids is 1. The van der Waals surface area contributed by atoms with Crippen LogP contribution in [0, 0.1) is 0 Å². The number of carbonyl (C=O) groups is 1. The molecule has 0 spiro atoms. The van der Waals surface area contributed by atoms with E-state index in [1.807, 2.05) is 19.9 Å². The Morgan fingerprint density at radius 3 is 2.65 bits per heavy atom. The second-order valence-corrected chi connectivity index (χ2v) is 5.13. The van der Waals surface area contributed by atoms with Crippen LogP contribution < -0.4 is 10.6 Å². The Balaban J connectivity index is 2.36. The Morgan fingerprint density at radius 1 is 1.40 bits per heavy atom. The molecule has 5 nitrogen and oxygen atoms in total. The van der Waals surface area contributed by atoms with E-state index in [4.69, 9.17) is 15.2 Å². The van der Waals surface area contributed by atoms with E-state index in [2.05, 4.69) is 4.90 Å². The fraction of sp³-hybridized carbons (Fsp3) is 0.533. The molecule has 0 bridgehead atoms. The van der Waals surface area contributed by atoms with Crippen molar-refractivity contribution in [2.75, 3.05) is 30.3 Å². The van der Waals surface area contributed by atoms with Gasteiger partial charge in [0.1, 0.15) is 0 Å². The zero-order valence-corrected chi connectivity index (χ0v) is 12.3. The molecule has 1 fully saturated rings. The highest BCUT2D eigenvalue weighted by Gasteiger charge is 2.27. The lowest BCUT2D eigenvalue weighted by molar-refractivity contribution is -0.00530. The molecule has 1 heterocycles. The second-order valence-electron chi connectivity index (χ2n) is 5.13. The van der Waals surface area contributed by atoms with Crippen molar-refractivity contribution in [3.8, 4) is 0 Å². The standard InChI is InChI=1S/C15H22N2O3/c1-4-19-15(18)12-6-5-7-13(16)14(12)17-8-10(2)20-11(3)9-17/h5-7,10-11H,4,8-9,16H2,1-3H3/t10-,11+. The van der Waals surface area contributed by atoms with Gasteiger partial charge in [-0.3, -0.25) is 0 Å². The predicted molar refractivity (Wildman–Crippen MR) is 79.0 cm³/mol. The van der Waals surface area contributed by atoms with Crippen molar-refractivity contribution in [2.24, 2.45) is 0 Å². The number of ether oxygens (including phenoxy) is 2. The summed E-state index contributed by atoms with van der Waals surface area (Å²) >= 11 is 0. The number of anilines is 2. The molecule has 1 aromatic rings. The first-order valence-corrected chi connectivity index (χ1v) is 6.99. The molecule has 110 valence electrons. The van der Waals surface area contributed by atoms with Gasteiger partial charge >= 0.3 is 5.97 Å². The van der Waals surface area contributed by atoms with Crippen LogP contribution in [0.15, 0.2) is 18.2 Å². The zero-order valence-electron chi connectivity index (χ0n) is 12.3. The Bertz CT molecular complexity index is 480. The summed E-state index contributed by atoms with van der Waals surface area (Å²) in [6.45, 7) is 7.61. The van der Waals surface area contributed by atoms with Crippen molar-refractivity contribution in [1.82, 2.24) is 0 Å². The fourth-order valence-corrected chi connectivity index (χ4v) is 2.65. The number of nitrogens with two attached hydrogens (primary N) is 1. The van der Waals surface area contributed by atoms with Gasteiger partial charge in [0.05, 0.1) is 35.8 Å². The molecule has 20 heavy (non-hydrogen) atoms. The van der Waals surface area contributed by atoms with Crippen molar-refractivity contribution in [3.05, 3.63) is 23.8 Å². The average molecular weight is 278 g/mol. The zero-order chi connectivity index (χ0) is 14.7. The third kappa shape index (κ3) is 3.04. The van der Waals surface area contributed by atoms with Crippen LogP contribution in [0.2, 0.25) is 0 Å². The predicted octanol–water partition coefficient (Wildman–Crippen LogP) is 2.06. The summed E-state index contributed by atoms with van der Waals surface area (Å²) < 4.78 is 10.8. The maximum atomic E-state index is 12.1. The number of nitrogen functional groups attached to an aromatic ring is 1. The molecule has 1 saturated heterocycles. The molecule has 1 aliphatic rings. The van der Waals surface area contributed by atoms with Gasteiger partial charge in [0.25, 0.3) is 0 Å². The van der Waals surface area contributed by atoms with Gasteiger partial charge in [0.2, 0.25) is 0 Å². The Morgan fingerprint density at radius 2 is 2.05 bits per heavy atom. The van der Waals surface area contributed by atoms with E-state index in [9.17, 15) is 4.79 Å². The smallest absolute Gasteiger partial charge is 0.340 e. The first kappa shape index (κ1) is 14.7. The van der Waals surface area contributed by atoms with E-state index in [1.165, 1.54) is 0 Å².